The summed E-state index contributed by atoms with van der Waals surface area (Å²) < 4.78 is 5.47. The lowest BCUT2D eigenvalue weighted by atomic mass is 10.1. The Kier molecular flexibility index (Phi) is 2.77. The Hall–Kier alpha value is -0.380. The predicted octanol–water partition coefficient (Wildman–Crippen LogP) is 2.12. The van der Waals surface area contributed by atoms with Crippen LogP contribution >= 0.6 is 11.3 Å². The fourth-order valence-electron chi connectivity index (χ4n) is 2.48. The molecule has 1 fully saturated rings. The molecular weight excluding hydrogens is 206 g/mol. The third-order valence-electron chi connectivity index (χ3n) is 3.29. The van der Waals surface area contributed by atoms with Gasteiger partial charge in [0.25, 0.3) is 0 Å². The van der Waals surface area contributed by atoms with Crippen LogP contribution in [-0.4, -0.2) is 19.2 Å². The normalized spacial score (nSPS) is 25.5. The van der Waals surface area contributed by atoms with Crippen molar-refractivity contribution in [3.8, 4) is 0 Å². The average molecular weight is 223 g/mol. The highest BCUT2D eigenvalue weighted by molar-refractivity contribution is 7.12. The van der Waals surface area contributed by atoms with E-state index in [1.807, 2.05) is 11.3 Å². The van der Waals surface area contributed by atoms with Crippen LogP contribution in [0.4, 0.5) is 0 Å². The lowest BCUT2D eigenvalue weighted by Crippen LogP contribution is -2.23. The summed E-state index contributed by atoms with van der Waals surface area (Å²) in [6, 6.07) is 3.09. The van der Waals surface area contributed by atoms with Crippen molar-refractivity contribution in [2.75, 3.05) is 13.2 Å². The molecule has 1 atom stereocenters. The third kappa shape index (κ3) is 2.10. The second-order valence-electron chi connectivity index (χ2n) is 4.46. The van der Waals surface area contributed by atoms with E-state index in [-0.39, 0.29) is 0 Å². The largest absolute Gasteiger partial charge is 0.376 e. The van der Waals surface area contributed by atoms with E-state index in [9.17, 15) is 0 Å². The standard InChI is InChI=1S/C12H17NOS/c1-2-10(13-4-1)7-11-6-9-8-14-5-3-12(9)15-11/h6,10,13H,1-5,7-8H2. The molecule has 1 aromatic rings. The van der Waals surface area contributed by atoms with Crippen molar-refractivity contribution in [2.45, 2.75) is 38.3 Å². The summed E-state index contributed by atoms with van der Waals surface area (Å²) in [6.45, 7) is 2.96. The van der Waals surface area contributed by atoms with Crippen LogP contribution < -0.4 is 5.32 Å². The maximum atomic E-state index is 5.47. The number of hydrogen-bond acceptors (Lipinski definition) is 3. The van der Waals surface area contributed by atoms with Crippen molar-refractivity contribution < 1.29 is 4.74 Å². The van der Waals surface area contributed by atoms with Gasteiger partial charge in [-0.2, -0.15) is 0 Å². The van der Waals surface area contributed by atoms with E-state index in [1.54, 1.807) is 9.75 Å². The molecule has 1 saturated heterocycles. The van der Waals surface area contributed by atoms with Gasteiger partial charge in [-0.15, -0.1) is 11.3 Å². The highest BCUT2D eigenvalue weighted by Crippen LogP contribution is 2.28. The Morgan fingerprint density at radius 3 is 3.33 bits per heavy atom. The monoisotopic (exact) mass is 223 g/mol. The Balaban J connectivity index is 1.72. The van der Waals surface area contributed by atoms with Crippen LogP contribution in [0.3, 0.4) is 0 Å². The van der Waals surface area contributed by atoms with E-state index in [1.165, 1.54) is 31.4 Å². The van der Waals surface area contributed by atoms with Crippen molar-refractivity contribution >= 4 is 11.3 Å². The summed E-state index contributed by atoms with van der Waals surface area (Å²) in [5, 5.41) is 3.56. The summed E-state index contributed by atoms with van der Waals surface area (Å²) in [7, 11) is 0. The van der Waals surface area contributed by atoms with Crippen molar-refractivity contribution in [1.82, 2.24) is 5.32 Å². The van der Waals surface area contributed by atoms with Gasteiger partial charge in [0.15, 0.2) is 0 Å². The molecule has 0 radical (unpaired) electrons. The molecule has 2 aliphatic heterocycles. The van der Waals surface area contributed by atoms with Crippen LogP contribution in [0.2, 0.25) is 0 Å². The molecule has 3 heteroatoms. The van der Waals surface area contributed by atoms with Gasteiger partial charge in [-0.25, -0.2) is 0 Å². The first kappa shape index (κ1) is 9.82. The summed E-state index contributed by atoms with van der Waals surface area (Å²) in [4.78, 5) is 3.11. The molecule has 0 aliphatic carbocycles. The number of thiophene rings is 1. The van der Waals surface area contributed by atoms with E-state index in [0.29, 0.717) is 0 Å². The highest BCUT2D eigenvalue weighted by Gasteiger charge is 2.18. The second kappa shape index (κ2) is 4.24. The average Bonchev–Trinajstić information content (AvgIpc) is 2.86. The van der Waals surface area contributed by atoms with E-state index < -0.39 is 0 Å². The van der Waals surface area contributed by atoms with Gasteiger partial charge in [0, 0.05) is 22.2 Å². The van der Waals surface area contributed by atoms with Crippen LogP contribution in [0.1, 0.15) is 28.2 Å². The van der Waals surface area contributed by atoms with Gasteiger partial charge in [0.2, 0.25) is 0 Å². The number of fused-ring (bicyclic) bond motifs is 1. The molecular formula is C12H17NOS. The molecule has 2 nitrogen and oxygen atoms in total. The Morgan fingerprint density at radius 1 is 1.53 bits per heavy atom. The zero-order valence-electron chi connectivity index (χ0n) is 8.92. The number of hydrogen-bond donors (Lipinski definition) is 1. The minimum Gasteiger partial charge on any atom is -0.376 e. The van der Waals surface area contributed by atoms with Crippen LogP contribution in [0, 0.1) is 0 Å². The Labute approximate surface area is 94.6 Å². The van der Waals surface area contributed by atoms with Crippen molar-refractivity contribution in [2.24, 2.45) is 0 Å². The van der Waals surface area contributed by atoms with Crippen molar-refractivity contribution in [3.05, 3.63) is 21.4 Å². The first-order valence-corrected chi connectivity index (χ1v) is 6.65. The fraction of sp³-hybridized carbons (Fsp3) is 0.667. The van der Waals surface area contributed by atoms with Crippen molar-refractivity contribution in [3.63, 3.8) is 0 Å². The van der Waals surface area contributed by atoms with Crippen LogP contribution in [-0.2, 0) is 24.2 Å². The molecule has 0 spiro atoms. The van der Waals surface area contributed by atoms with E-state index in [4.69, 9.17) is 4.74 Å². The molecule has 0 aromatic carbocycles. The van der Waals surface area contributed by atoms with Gasteiger partial charge in [0.1, 0.15) is 0 Å². The topological polar surface area (TPSA) is 21.3 Å². The van der Waals surface area contributed by atoms with Crippen LogP contribution in [0.15, 0.2) is 6.07 Å². The summed E-state index contributed by atoms with van der Waals surface area (Å²) in [5.74, 6) is 0. The molecule has 0 bridgehead atoms. The van der Waals surface area contributed by atoms with Crippen LogP contribution in [0.25, 0.3) is 0 Å². The van der Waals surface area contributed by atoms with Gasteiger partial charge in [-0.05, 0) is 37.4 Å². The number of ether oxygens (including phenoxy) is 1. The number of nitrogens with one attached hydrogen (secondary N) is 1. The lowest BCUT2D eigenvalue weighted by Gasteiger charge is -2.10. The van der Waals surface area contributed by atoms with E-state index in [0.717, 1.165) is 25.7 Å². The quantitative estimate of drug-likeness (QED) is 0.829. The predicted molar refractivity (Wildman–Crippen MR) is 62.4 cm³/mol. The molecule has 1 unspecified atom stereocenters. The Bertz CT molecular complexity index is 318. The SMILES string of the molecule is c1c(CC2CCCN2)sc2c1COCC2. The maximum absolute atomic E-state index is 5.47. The molecule has 3 heterocycles. The summed E-state index contributed by atoms with van der Waals surface area (Å²) in [6.07, 6.45) is 5.04. The van der Waals surface area contributed by atoms with E-state index >= 15 is 0 Å². The molecule has 1 N–H and O–H groups in total. The first-order valence-electron chi connectivity index (χ1n) is 5.83. The van der Waals surface area contributed by atoms with Gasteiger partial charge >= 0.3 is 0 Å². The zero-order chi connectivity index (χ0) is 10.1. The van der Waals surface area contributed by atoms with Gasteiger partial charge in [-0.3, -0.25) is 0 Å². The van der Waals surface area contributed by atoms with E-state index in [2.05, 4.69) is 11.4 Å². The minimum atomic E-state index is 0.728. The summed E-state index contributed by atoms with van der Waals surface area (Å²) in [5.41, 5.74) is 1.44. The van der Waals surface area contributed by atoms with Crippen LogP contribution in [0.5, 0.6) is 0 Å². The molecule has 0 saturated carbocycles. The van der Waals surface area contributed by atoms with Gasteiger partial charge < -0.3 is 10.1 Å². The third-order valence-corrected chi connectivity index (χ3v) is 4.55. The smallest absolute Gasteiger partial charge is 0.0727 e. The van der Waals surface area contributed by atoms with Gasteiger partial charge in [0.05, 0.1) is 13.2 Å². The number of rotatable bonds is 2. The first-order chi connectivity index (χ1) is 7.42. The fourth-order valence-corrected chi connectivity index (χ4v) is 3.72. The van der Waals surface area contributed by atoms with Gasteiger partial charge in [-0.1, -0.05) is 0 Å². The Morgan fingerprint density at radius 2 is 2.53 bits per heavy atom. The van der Waals surface area contributed by atoms with Crippen molar-refractivity contribution in [1.29, 1.82) is 0 Å². The molecule has 82 valence electrons. The maximum Gasteiger partial charge on any atom is 0.0727 e. The molecule has 3 rings (SSSR count). The minimum absolute atomic E-state index is 0.728. The molecule has 0 amide bonds. The summed E-state index contributed by atoms with van der Waals surface area (Å²) >= 11 is 2.00. The highest BCUT2D eigenvalue weighted by atomic mass is 32.1. The lowest BCUT2D eigenvalue weighted by molar-refractivity contribution is 0.112. The zero-order valence-corrected chi connectivity index (χ0v) is 9.74. The molecule has 1 aromatic heterocycles. The molecule has 2 aliphatic rings. The second-order valence-corrected chi connectivity index (χ2v) is 5.68. The molecule has 15 heavy (non-hydrogen) atoms.